The van der Waals surface area contributed by atoms with Crippen molar-refractivity contribution >= 4 is 23.4 Å². The van der Waals surface area contributed by atoms with E-state index in [9.17, 15) is 18.4 Å². The summed E-state index contributed by atoms with van der Waals surface area (Å²) in [6.07, 6.45) is 0. The van der Waals surface area contributed by atoms with Crippen LogP contribution in [0.2, 0.25) is 5.02 Å². The first-order chi connectivity index (χ1) is 9.84. The summed E-state index contributed by atoms with van der Waals surface area (Å²) in [5.74, 6) is -7.24. The van der Waals surface area contributed by atoms with Crippen LogP contribution in [0.25, 0.3) is 0 Å². The van der Waals surface area contributed by atoms with Gasteiger partial charge < -0.3 is 5.11 Å². The summed E-state index contributed by atoms with van der Waals surface area (Å²) in [6, 6.07) is 10.9. The number of carboxylic acid groups (broad SMARTS) is 1. The molecule has 0 spiro atoms. The van der Waals surface area contributed by atoms with Crippen LogP contribution in [0.5, 0.6) is 0 Å². The second-order valence-electron chi connectivity index (χ2n) is 4.26. The fraction of sp³-hybridized carbons (Fsp3) is 0.0667. The fourth-order valence-electron chi connectivity index (χ4n) is 1.83. The number of carbonyl (C=O) groups is 2. The second kappa shape index (κ2) is 5.61. The summed E-state index contributed by atoms with van der Waals surface area (Å²) >= 11 is 5.64. The molecule has 0 amide bonds. The molecule has 0 fully saturated rings. The lowest BCUT2D eigenvalue weighted by Crippen LogP contribution is -2.28. The number of hydrogen-bond donors (Lipinski definition) is 1. The van der Waals surface area contributed by atoms with Gasteiger partial charge in [0.05, 0.1) is 0 Å². The lowest BCUT2D eigenvalue weighted by molar-refractivity contribution is -0.166. The average molecular weight is 311 g/mol. The van der Waals surface area contributed by atoms with Crippen LogP contribution in [0.3, 0.4) is 0 Å². The van der Waals surface area contributed by atoms with Crippen molar-refractivity contribution in [3.8, 4) is 0 Å². The van der Waals surface area contributed by atoms with E-state index in [2.05, 4.69) is 0 Å². The van der Waals surface area contributed by atoms with Crippen molar-refractivity contribution in [1.82, 2.24) is 0 Å². The third-order valence-corrected chi connectivity index (χ3v) is 3.10. The molecule has 0 saturated heterocycles. The van der Waals surface area contributed by atoms with Gasteiger partial charge in [0.15, 0.2) is 5.78 Å². The van der Waals surface area contributed by atoms with Gasteiger partial charge in [-0.2, -0.15) is 8.78 Å². The third kappa shape index (κ3) is 2.92. The van der Waals surface area contributed by atoms with Crippen molar-refractivity contribution in [3.63, 3.8) is 0 Å². The topological polar surface area (TPSA) is 54.4 Å². The zero-order chi connectivity index (χ0) is 15.6. The minimum atomic E-state index is -4.20. The smallest absolute Gasteiger partial charge is 0.379 e. The van der Waals surface area contributed by atoms with Gasteiger partial charge in [0, 0.05) is 21.7 Å². The molecule has 2 aromatic carbocycles. The molecule has 0 unspecified atom stereocenters. The number of carbonyl (C=O) groups excluding carboxylic acids is 1. The zero-order valence-corrected chi connectivity index (χ0v) is 11.3. The standard InChI is InChI=1S/C15H9ClF2O3/c16-10-6-7-11(12(8-10)15(17,18)14(20)21)13(19)9-4-2-1-3-5-9/h1-8H,(H,20,21). The van der Waals surface area contributed by atoms with Gasteiger partial charge in [-0.25, -0.2) is 4.79 Å². The number of rotatable bonds is 4. The number of benzene rings is 2. The fourth-order valence-corrected chi connectivity index (χ4v) is 2.01. The normalized spacial score (nSPS) is 11.2. The Kier molecular flexibility index (Phi) is 4.04. The third-order valence-electron chi connectivity index (χ3n) is 2.87. The number of hydrogen-bond acceptors (Lipinski definition) is 2. The van der Waals surface area contributed by atoms with Gasteiger partial charge in [-0.05, 0) is 18.2 Å². The molecule has 1 N–H and O–H groups in total. The summed E-state index contributed by atoms with van der Waals surface area (Å²) in [6.45, 7) is 0. The summed E-state index contributed by atoms with van der Waals surface area (Å²) in [7, 11) is 0. The zero-order valence-electron chi connectivity index (χ0n) is 10.5. The van der Waals surface area contributed by atoms with E-state index in [0.29, 0.717) is 0 Å². The summed E-state index contributed by atoms with van der Waals surface area (Å²) < 4.78 is 27.6. The van der Waals surface area contributed by atoms with E-state index in [1.807, 2.05) is 0 Å². The Morgan fingerprint density at radius 3 is 2.24 bits per heavy atom. The SMILES string of the molecule is O=C(c1ccccc1)c1ccc(Cl)cc1C(F)(F)C(=O)O. The Morgan fingerprint density at radius 1 is 1.05 bits per heavy atom. The van der Waals surface area contributed by atoms with Gasteiger partial charge in [-0.1, -0.05) is 41.9 Å². The molecule has 0 atom stereocenters. The Morgan fingerprint density at radius 2 is 1.67 bits per heavy atom. The monoisotopic (exact) mass is 310 g/mol. The van der Waals surface area contributed by atoms with Gasteiger partial charge in [-0.15, -0.1) is 0 Å². The van der Waals surface area contributed by atoms with E-state index < -0.39 is 28.8 Å². The van der Waals surface area contributed by atoms with Crippen molar-refractivity contribution in [1.29, 1.82) is 0 Å². The van der Waals surface area contributed by atoms with Crippen LogP contribution in [-0.4, -0.2) is 16.9 Å². The first-order valence-corrected chi connectivity index (χ1v) is 6.23. The van der Waals surface area contributed by atoms with Crippen molar-refractivity contribution in [2.75, 3.05) is 0 Å². The van der Waals surface area contributed by atoms with E-state index >= 15 is 0 Å². The Labute approximate surface area is 123 Å². The molecule has 0 heterocycles. The number of carboxylic acids is 1. The van der Waals surface area contributed by atoms with Crippen molar-refractivity contribution in [3.05, 3.63) is 70.2 Å². The maximum Gasteiger partial charge on any atom is 0.379 e. The van der Waals surface area contributed by atoms with Crippen LogP contribution in [0.1, 0.15) is 21.5 Å². The van der Waals surface area contributed by atoms with E-state index in [-0.39, 0.29) is 10.6 Å². The van der Waals surface area contributed by atoms with Gasteiger partial charge in [0.1, 0.15) is 0 Å². The highest BCUT2D eigenvalue weighted by Gasteiger charge is 2.44. The van der Waals surface area contributed by atoms with Gasteiger partial charge in [0.25, 0.3) is 0 Å². The highest BCUT2D eigenvalue weighted by Crippen LogP contribution is 2.34. The quantitative estimate of drug-likeness (QED) is 0.875. The van der Waals surface area contributed by atoms with Crippen molar-refractivity contribution in [2.45, 2.75) is 5.92 Å². The minimum Gasteiger partial charge on any atom is -0.477 e. The van der Waals surface area contributed by atoms with Crippen LogP contribution in [0.4, 0.5) is 8.78 Å². The predicted octanol–water partition coefficient (Wildman–Crippen LogP) is 3.75. The Bertz CT molecular complexity index is 699. The minimum absolute atomic E-state index is 0.0736. The molecule has 2 aromatic rings. The first kappa shape index (κ1) is 15.1. The van der Waals surface area contributed by atoms with Crippen LogP contribution in [-0.2, 0) is 10.7 Å². The molecule has 2 rings (SSSR count). The van der Waals surface area contributed by atoms with Crippen molar-refractivity contribution < 1.29 is 23.5 Å². The molecular formula is C15H9ClF2O3. The lowest BCUT2D eigenvalue weighted by atomic mass is 9.95. The number of halogens is 3. The number of aliphatic carboxylic acids is 1. The summed E-state index contributed by atoms with van der Waals surface area (Å²) in [5.41, 5.74) is -1.13. The molecule has 0 aliphatic rings. The predicted molar refractivity (Wildman–Crippen MR) is 72.9 cm³/mol. The van der Waals surface area contributed by atoms with Crippen LogP contribution in [0, 0.1) is 0 Å². The molecule has 0 aliphatic heterocycles. The maximum atomic E-state index is 13.8. The molecular weight excluding hydrogens is 302 g/mol. The first-order valence-electron chi connectivity index (χ1n) is 5.85. The Balaban J connectivity index is 2.60. The average Bonchev–Trinajstić information content (AvgIpc) is 2.47. The highest BCUT2D eigenvalue weighted by atomic mass is 35.5. The molecule has 0 bridgehead atoms. The van der Waals surface area contributed by atoms with Crippen molar-refractivity contribution in [2.24, 2.45) is 0 Å². The second-order valence-corrected chi connectivity index (χ2v) is 4.70. The largest absolute Gasteiger partial charge is 0.477 e. The van der Waals surface area contributed by atoms with E-state index in [1.165, 1.54) is 18.2 Å². The molecule has 0 saturated carbocycles. The number of ketones is 1. The van der Waals surface area contributed by atoms with E-state index in [4.69, 9.17) is 16.7 Å². The van der Waals surface area contributed by atoms with Crippen LogP contribution < -0.4 is 0 Å². The number of alkyl halides is 2. The summed E-state index contributed by atoms with van der Waals surface area (Å²) in [4.78, 5) is 23.0. The van der Waals surface area contributed by atoms with Gasteiger partial charge in [0.2, 0.25) is 0 Å². The summed E-state index contributed by atoms with van der Waals surface area (Å²) in [5, 5.41) is 8.58. The lowest BCUT2D eigenvalue weighted by Gasteiger charge is -2.16. The van der Waals surface area contributed by atoms with E-state index in [1.54, 1.807) is 18.2 Å². The molecule has 3 nitrogen and oxygen atoms in total. The molecule has 21 heavy (non-hydrogen) atoms. The molecule has 6 heteroatoms. The molecule has 0 aromatic heterocycles. The Hall–Kier alpha value is -2.27. The van der Waals surface area contributed by atoms with Crippen LogP contribution in [0.15, 0.2) is 48.5 Å². The highest BCUT2D eigenvalue weighted by molar-refractivity contribution is 6.31. The van der Waals surface area contributed by atoms with E-state index in [0.717, 1.165) is 12.1 Å². The van der Waals surface area contributed by atoms with Crippen LogP contribution >= 0.6 is 11.6 Å². The maximum absolute atomic E-state index is 13.8. The van der Waals surface area contributed by atoms with Gasteiger partial charge >= 0.3 is 11.9 Å². The molecule has 108 valence electrons. The van der Waals surface area contributed by atoms with Gasteiger partial charge in [-0.3, -0.25) is 4.79 Å². The molecule has 0 aliphatic carbocycles. The molecule has 0 radical (unpaired) electrons.